The molecule has 3 rings (SSSR count). The first-order chi connectivity index (χ1) is 10.9. The van der Waals surface area contributed by atoms with E-state index in [0.29, 0.717) is 12.2 Å². The Kier molecular flexibility index (Phi) is 4.00. The molecule has 0 aliphatic rings. The molecule has 1 N–H and O–H groups in total. The van der Waals surface area contributed by atoms with Gasteiger partial charge in [0, 0.05) is 12.7 Å². The quantitative estimate of drug-likeness (QED) is 0.782. The largest absolute Gasteiger partial charge is 0.497 e. The lowest BCUT2D eigenvalue weighted by Gasteiger charge is -2.09. The molecule has 0 atom stereocenters. The third kappa shape index (κ3) is 3.65. The predicted molar refractivity (Wildman–Crippen MR) is 92.5 cm³/mol. The van der Waals surface area contributed by atoms with Crippen molar-refractivity contribution in [3.63, 3.8) is 0 Å². The van der Waals surface area contributed by atoms with E-state index in [4.69, 9.17) is 4.74 Å². The minimum atomic E-state index is -3.28. The van der Waals surface area contributed by atoms with Crippen LogP contribution in [-0.4, -0.2) is 26.4 Å². The molecule has 5 nitrogen and oxygen atoms in total. The van der Waals surface area contributed by atoms with Gasteiger partial charge < -0.3 is 9.30 Å². The van der Waals surface area contributed by atoms with Gasteiger partial charge in [0.15, 0.2) is 0 Å². The zero-order valence-electron chi connectivity index (χ0n) is 13.0. The molecule has 0 saturated heterocycles. The topological polar surface area (TPSA) is 60.3 Å². The molecule has 0 radical (unpaired) electrons. The van der Waals surface area contributed by atoms with Gasteiger partial charge in [0.2, 0.25) is 10.0 Å². The van der Waals surface area contributed by atoms with Crippen LogP contribution in [0.5, 0.6) is 5.75 Å². The molecular formula is C17H18N2O3S. The Morgan fingerprint density at radius 2 is 1.83 bits per heavy atom. The average molecular weight is 330 g/mol. The number of fused-ring (bicyclic) bond motifs is 1. The highest BCUT2D eigenvalue weighted by Crippen LogP contribution is 2.22. The summed E-state index contributed by atoms with van der Waals surface area (Å²) in [6, 6.07) is 15.4. The lowest BCUT2D eigenvalue weighted by Crippen LogP contribution is -2.09. The Morgan fingerprint density at radius 1 is 1.09 bits per heavy atom. The second-order valence-electron chi connectivity index (χ2n) is 5.44. The second kappa shape index (κ2) is 5.96. The SMILES string of the molecule is COc1ccc(Cn2ccc3ccc(NS(C)(=O)=O)cc32)cc1. The highest BCUT2D eigenvalue weighted by molar-refractivity contribution is 7.92. The number of hydrogen-bond acceptors (Lipinski definition) is 3. The number of ether oxygens (including phenoxy) is 1. The Bertz CT molecular complexity index is 928. The monoisotopic (exact) mass is 330 g/mol. The van der Waals surface area contributed by atoms with Crippen molar-refractivity contribution in [2.24, 2.45) is 0 Å². The predicted octanol–water partition coefficient (Wildman–Crippen LogP) is 3.07. The number of anilines is 1. The van der Waals surface area contributed by atoms with Crippen molar-refractivity contribution in [1.82, 2.24) is 4.57 Å². The van der Waals surface area contributed by atoms with Crippen molar-refractivity contribution in [3.8, 4) is 5.75 Å². The van der Waals surface area contributed by atoms with E-state index in [1.54, 1.807) is 13.2 Å². The summed E-state index contributed by atoms with van der Waals surface area (Å²) in [5.74, 6) is 0.825. The van der Waals surface area contributed by atoms with E-state index < -0.39 is 10.0 Å². The van der Waals surface area contributed by atoms with E-state index in [2.05, 4.69) is 9.29 Å². The number of nitrogens with zero attached hydrogens (tertiary/aromatic N) is 1. The molecule has 0 unspecified atom stereocenters. The summed E-state index contributed by atoms with van der Waals surface area (Å²) in [4.78, 5) is 0. The highest BCUT2D eigenvalue weighted by Gasteiger charge is 2.06. The third-order valence-electron chi connectivity index (χ3n) is 3.59. The summed E-state index contributed by atoms with van der Waals surface area (Å²) in [6.07, 6.45) is 3.15. The molecule has 0 fully saturated rings. The van der Waals surface area contributed by atoms with Gasteiger partial charge in [-0.3, -0.25) is 4.72 Å². The van der Waals surface area contributed by atoms with E-state index in [1.165, 1.54) is 0 Å². The van der Waals surface area contributed by atoms with Gasteiger partial charge in [-0.2, -0.15) is 0 Å². The van der Waals surface area contributed by atoms with E-state index >= 15 is 0 Å². The number of rotatable bonds is 5. The minimum Gasteiger partial charge on any atom is -0.497 e. The Labute approximate surface area is 135 Å². The molecule has 1 heterocycles. The van der Waals surface area contributed by atoms with Crippen molar-refractivity contribution in [2.45, 2.75) is 6.54 Å². The average Bonchev–Trinajstić information content (AvgIpc) is 2.89. The Balaban J connectivity index is 1.92. The molecule has 0 aliphatic carbocycles. The van der Waals surface area contributed by atoms with Gasteiger partial charge in [-0.1, -0.05) is 18.2 Å². The molecule has 0 aliphatic heterocycles. The van der Waals surface area contributed by atoms with Crippen LogP contribution in [0.25, 0.3) is 10.9 Å². The van der Waals surface area contributed by atoms with Crippen LogP contribution in [0.15, 0.2) is 54.7 Å². The van der Waals surface area contributed by atoms with Gasteiger partial charge in [0.1, 0.15) is 5.75 Å². The first-order valence-electron chi connectivity index (χ1n) is 7.14. The molecule has 120 valence electrons. The fourth-order valence-corrected chi connectivity index (χ4v) is 3.08. The van der Waals surface area contributed by atoms with Crippen molar-refractivity contribution in [2.75, 3.05) is 18.1 Å². The first-order valence-corrected chi connectivity index (χ1v) is 9.03. The minimum absolute atomic E-state index is 0.565. The zero-order chi connectivity index (χ0) is 16.4. The van der Waals surface area contributed by atoms with E-state index in [1.807, 2.05) is 48.7 Å². The van der Waals surface area contributed by atoms with Crippen LogP contribution in [0.2, 0.25) is 0 Å². The van der Waals surface area contributed by atoms with Crippen molar-refractivity contribution in [1.29, 1.82) is 0 Å². The maximum Gasteiger partial charge on any atom is 0.229 e. The maximum atomic E-state index is 11.4. The number of benzene rings is 2. The Morgan fingerprint density at radius 3 is 2.48 bits per heavy atom. The van der Waals surface area contributed by atoms with Crippen LogP contribution in [-0.2, 0) is 16.6 Å². The molecule has 23 heavy (non-hydrogen) atoms. The number of aromatic nitrogens is 1. The smallest absolute Gasteiger partial charge is 0.229 e. The standard InChI is InChI=1S/C17H18N2O3S/c1-22-16-7-3-13(4-8-16)12-19-10-9-14-5-6-15(11-17(14)19)18-23(2,20)21/h3-11,18H,12H2,1-2H3. The van der Waals surface area contributed by atoms with Gasteiger partial charge in [0.25, 0.3) is 0 Å². The number of nitrogens with one attached hydrogen (secondary N) is 1. The number of methoxy groups -OCH3 is 1. The summed E-state index contributed by atoms with van der Waals surface area (Å²) in [7, 11) is -1.64. The molecule has 0 spiro atoms. The maximum absolute atomic E-state index is 11.4. The number of sulfonamides is 1. The van der Waals surface area contributed by atoms with E-state index in [0.717, 1.165) is 28.5 Å². The second-order valence-corrected chi connectivity index (χ2v) is 7.19. The summed E-state index contributed by atoms with van der Waals surface area (Å²) in [5, 5.41) is 1.07. The normalized spacial score (nSPS) is 11.6. The van der Waals surface area contributed by atoms with Crippen LogP contribution in [0.4, 0.5) is 5.69 Å². The number of hydrogen-bond donors (Lipinski definition) is 1. The van der Waals surface area contributed by atoms with Crippen LogP contribution in [0.3, 0.4) is 0 Å². The van der Waals surface area contributed by atoms with E-state index in [-0.39, 0.29) is 0 Å². The summed E-state index contributed by atoms with van der Waals surface area (Å²) in [5.41, 5.74) is 2.69. The summed E-state index contributed by atoms with van der Waals surface area (Å²) >= 11 is 0. The third-order valence-corrected chi connectivity index (χ3v) is 4.20. The lowest BCUT2D eigenvalue weighted by molar-refractivity contribution is 0.414. The van der Waals surface area contributed by atoms with Crippen molar-refractivity contribution < 1.29 is 13.2 Å². The van der Waals surface area contributed by atoms with Gasteiger partial charge in [-0.25, -0.2) is 8.42 Å². The van der Waals surface area contributed by atoms with Gasteiger partial charge >= 0.3 is 0 Å². The molecule has 0 amide bonds. The van der Waals surface area contributed by atoms with Crippen LogP contribution in [0, 0.1) is 0 Å². The van der Waals surface area contributed by atoms with Gasteiger partial charge in [-0.15, -0.1) is 0 Å². The Hall–Kier alpha value is -2.47. The van der Waals surface area contributed by atoms with Gasteiger partial charge in [-0.05, 0) is 41.3 Å². The van der Waals surface area contributed by atoms with Crippen LogP contribution in [0.1, 0.15) is 5.56 Å². The first kappa shape index (κ1) is 15.4. The van der Waals surface area contributed by atoms with Crippen molar-refractivity contribution in [3.05, 3.63) is 60.3 Å². The lowest BCUT2D eigenvalue weighted by atomic mass is 10.2. The highest BCUT2D eigenvalue weighted by atomic mass is 32.2. The zero-order valence-corrected chi connectivity index (χ0v) is 13.8. The molecule has 3 aromatic rings. The fraction of sp³-hybridized carbons (Fsp3) is 0.176. The van der Waals surface area contributed by atoms with Crippen LogP contribution < -0.4 is 9.46 Å². The summed E-state index contributed by atoms with van der Waals surface area (Å²) < 4.78 is 32.5. The molecule has 1 aromatic heterocycles. The summed E-state index contributed by atoms with van der Waals surface area (Å²) in [6.45, 7) is 0.704. The molecule has 6 heteroatoms. The van der Waals surface area contributed by atoms with Crippen molar-refractivity contribution >= 4 is 26.6 Å². The van der Waals surface area contributed by atoms with Gasteiger partial charge in [0.05, 0.1) is 24.6 Å². The van der Waals surface area contributed by atoms with Crippen LogP contribution >= 0.6 is 0 Å². The molecule has 2 aromatic carbocycles. The molecular weight excluding hydrogens is 312 g/mol. The van der Waals surface area contributed by atoms with E-state index in [9.17, 15) is 8.42 Å². The molecule has 0 bridgehead atoms. The fourth-order valence-electron chi connectivity index (χ4n) is 2.53. The molecule has 0 saturated carbocycles.